The zero-order valence-electron chi connectivity index (χ0n) is 7.49. The summed E-state index contributed by atoms with van der Waals surface area (Å²) in [6, 6.07) is 2.33. The van der Waals surface area contributed by atoms with Crippen molar-refractivity contribution in [3.63, 3.8) is 0 Å². The molecule has 1 saturated carbocycles. The van der Waals surface area contributed by atoms with E-state index in [0.717, 1.165) is 12.6 Å². The summed E-state index contributed by atoms with van der Waals surface area (Å²) < 4.78 is 26.4. The zero-order valence-corrected chi connectivity index (χ0v) is 9.07. The lowest BCUT2D eigenvalue weighted by Crippen LogP contribution is -2.05. The van der Waals surface area contributed by atoms with Gasteiger partial charge in [0.15, 0.2) is 0 Å². The smallest absolute Gasteiger partial charge is 0.147 e. The molecule has 1 aliphatic rings. The van der Waals surface area contributed by atoms with Crippen LogP contribution in [-0.4, -0.2) is 6.54 Å². The monoisotopic (exact) mass is 261 g/mol. The molecule has 1 N–H and O–H groups in total. The largest absolute Gasteiger partial charge is 0.382 e. The fraction of sp³-hybridized carbons (Fsp3) is 0.400. The van der Waals surface area contributed by atoms with Crippen molar-refractivity contribution >= 4 is 21.6 Å². The van der Waals surface area contributed by atoms with Crippen molar-refractivity contribution in [2.75, 3.05) is 11.9 Å². The van der Waals surface area contributed by atoms with Crippen LogP contribution in [0.3, 0.4) is 0 Å². The SMILES string of the molecule is Fc1cc(NCC2CC2)c(F)cc1Br. The molecule has 0 amide bonds. The number of rotatable bonds is 3. The quantitative estimate of drug-likeness (QED) is 0.821. The number of benzene rings is 1. The van der Waals surface area contributed by atoms with Crippen molar-refractivity contribution in [2.24, 2.45) is 5.92 Å². The third-order valence-electron chi connectivity index (χ3n) is 2.29. The van der Waals surface area contributed by atoms with Gasteiger partial charge in [0, 0.05) is 12.6 Å². The van der Waals surface area contributed by atoms with Gasteiger partial charge in [-0.05, 0) is 40.8 Å². The zero-order chi connectivity index (χ0) is 10.1. The van der Waals surface area contributed by atoms with E-state index in [4.69, 9.17) is 0 Å². The molecule has 0 heterocycles. The Labute approximate surface area is 89.6 Å². The van der Waals surface area contributed by atoms with Crippen LogP contribution in [0.5, 0.6) is 0 Å². The highest BCUT2D eigenvalue weighted by Gasteiger charge is 2.21. The minimum absolute atomic E-state index is 0.159. The van der Waals surface area contributed by atoms with Crippen LogP contribution in [0.4, 0.5) is 14.5 Å². The summed E-state index contributed by atoms with van der Waals surface area (Å²) in [5.41, 5.74) is 0.248. The molecule has 1 aliphatic carbocycles. The minimum atomic E-state index is -0.440. The first-order chi connectivity index (χ1) is 6.66. The molecule has 0 aromatic heterocycles. The van der Waals surface area contributed by atoms with Gasteiger partial charge in [-0.1, -0.05) is 0 Å². The van der Waals surface area contributed by atoms with Crippen LogP contribution in [0.15, 0.2) is 16.6 Å². The number of anilines is 1. The van der Waals surface area contributed by atoms with Gasteiger partial charge in [-0.2, -0.15) is 0 Å². The number of hydrogen-bond acceptors (Lipinski definition) is 1. The summed E-state index contributed by atoms with van der Waals surface area (Å²) in [5, 5.41) is 2.91. The van der Waals surface area contributed by atoms with Crippen molar-refractivity contribution in [3.05, 3.63) is 28.2 Å². The average Bonchev–Trinajstić information content (AvgIpc) is 2.92. The lowest BCUT2D eigenvalue weighted by molar-refractivity contribution is 0.596. The second-order valence-electron chi connectivity index (χ2n) is 3.57. The summed E-state index contributed by atoms with van der Waals surface area (Å²) in [7, 11) is 0. The molecule has 1 aromatic rings. The molecule has 14 heavy (non-hydrogen) atoms. The molecule has 0 bridgehead atoms. The van der Waals surface area contributed by atoms with Crippen molar-refractivity contribution in [3.8, 4) is 0 Å². The van der Waals surface area contributed by atoms with Crippen LogP contribution in [0.2, 0.25) is 0 Å². The van der Waals surface area contributed by atoms with Gasteiger partial charge in [-0.25, -0.2) is 8.78 Å². The van der Waals surface area contributed by atoms with Crippen LogP contribution in [0, 0.1) is 17.6 Å². The van der Waals surface area contributed by atoms with E-state index in [9.17, 15) is 8.78 Å². The van der Waals surface area contributed by atoms with Gasteiger partial charge in [0.1, 0.15) is 11.6 Å². The van der Waals surface area contributed by atoms with E-state index in [1.165, 1.54) is 18.9 Å². The van der Waals surface area contributed by atoms with E-state index in [1.807, 2.05) is 0 Å². The Bertz CT molecular complexity index is 350. The molecule has 1 aromatic carbocycles. The first-order valence-electron chi connectivity index (χ1n) is 4.55. The molecule has 0 aliphatic heterocycles. The predicted octanol–water partition coefficient (Wildman–Crippen LogP) is 3.55. The Kier molecular flexibility index (Phi) is 2.72. The van der Waals surface area contributed by atoms with Crippen LogP contribution < -0.4 is 5.32 Å². The molecule has 0 unspecified atom stereocenters. The van der Waals surface area contributed by atoms with Crippen LogP contribution in [0.25, 0.3) is 0 Å². The maximum absolute atomic E-state index is 13.2. The number of hydrogen-bond donors (Lipinski definition) is 1. The normalized spacial score (nSPS) is 15.6. The molecule has 0 spiro atoms. The maximum Gasteiger partial charge on any atom is 0.147 e. The third-order valence-corrected chi connectivity index (χ3v) is 2.90. The van der Waals surface area contributed by atoms with Gasteiger partial charge in [-0.3, -0.25) is 0 Å². The average molecular weight is 262 g/mol. The molecule has 4 heteroatoms. The van der Waals surface area contributed by atoms with E-state index in [1.54, 1.807) is 0 Å². The summed E-state index contributed by atoms with van der Waals surface area (Å²) in [4.78, 5) is 0. The topological polar surface area (TPSA) is 12.0 Å². The Balaban J connectivity index is 2.10. The van der Waals surface area contributed by atoms with Gasteiger partial charge in [-0.15, -0.1) is 0 Å². The molecule has 0 saturated heterocycles. The summed E-state index contributed by atoms with van der Waals surface area (Å²) in [6.45, 7) is 0.734. The van der Waals surface area contributed by atoms with Gasteiger partial charge in [0.25, 0.3) is 0 Å². The standard InChI is InChI=1S/C10H10BrF2N/c11-7-3-9(13)10(4-8(7)12)14-5-6-1-2-6/h3-4,6,14H,1-2,5H2. The molecular formula is C10H10BrF2N. The van der Waals surface area contributed by atoms with Crippen molar-refractivity contribution in [1.82, 2.24) is 0 Å². The molecule has 1 nitrogen and oxygen atoms in total. The Morgan fingerprint density at radius 1 is 1.29 bits per heavy atom. The molecule has 76 valence electrons. The fourth-order valence-electron chi connectivity index (χ4n) is 1.23. The predicted molar refractivity (Wildman–Crippen MR) is 55.3 cm³/mol. The molecule has 1 fully saturated rings. The van der Waals surface area contributed by atoms with E-state index < -0.39 is 11.6 Å². The third kappa shape index (κ3) is 2.23. The van der Waals surface area contributed by atoms with E-state index >= 15 is 0 Å². The highest BCUT2D eigenvalue weighted by molar-refractivity contribution is 9.10. The van der Waals surface area contributed by atoms with E-state index in [-0.39, 0.29) is 10.2 Å². The van der Waals surface area contributed by atoms with E-state index in [0.29, 0.717) is 5.92 Å². The van der Waals surface area contributed by atoms with Gasteiger partial charge in [0.05, 0.1) is 10.2 Å². The van der Waals surface area contributed by atoms with Crippen LogP contribution in [-0.2, 0) is 0 Å². The number of nitrogens with one attached hydrogen (secondary N) is 1. The van der Waals surface area contributed by atoms with Crippen LogP contribution >= 0.6 is 15.9 Å². The Morgan fingerprint density at radius 2 is 2.00 bits per heavy atom. The van der Waals surface area contributed by atoms with Gasteiger partial charge < -0.3 is 5.32 Å². The first-order valence-corrected chi connectivity index (χ1v) is 5.34. The molecule has 2 rings (SSSR count). The summed E-state index contributed by atoms with van der Waals surface area (Å²) in [6.07, 6.45) is 2.38. The fourth-order valence-corrected chi connectivity index (χ4v) is 1.55. The number of halogens is 3. The molecule has 0 radical (unpaired) electrons. The maximum atomic E-state index is 13.2. The van der Waals surface area contributed by atoms with Gasteiger partial charge in [0.2, 0.25) is 0 Å². The van der Waals surface area contributed by atoms with Crippen molar-refractivity contribution < 1.29 is 8.78 Å². The van der Waals surface area contributed by atoms with Crippen LogP contribution in [0.1, 0.15) is 12.8 Å². The summed E-state index contributed by atoms with van der Waals surface area (Å²) in [5.74, 6) is -0.218. The first kappa shape index (κ1) is 9.90. The minimum Gasteiger partial charge on any atom is -0.382 e. The lowest BCUT2D eigenvalue weighted by Gasteiger charge is -2.07. The molecule has 0 atom stereocenters. The second-order valence-corrected chi connectivity index (χ2v) is 4.42. The van der Waals surface area contributed by atoms with Crippen molar-refractivity contribution in [1.29, 1.82) is 0 Å². The highest BCUT2D eigenvalue weighted by Crippen LogP contribution is 2.30. The Morgan fingerprint density at radius 3 is 2.64 bits per heavy atom. The summed E-state index contributed by atoms with van der Waals surface area (Å²) >= 11 is 2.93. The van der Waals surface area contributed by atoms with Gasteiger partial charge >= 0.3 is 0 Å². The molecular weight excluding hydrogens is 252 g/mol. The van der Waals surface area contributed by atoms with E-state index in [2.05, 4.69) is 21.2 Å². The lowest BCUT2D eigenvalue weighted by atomic mass is 10.3. The van der Waals surface area contributed by atoms with Crippen molar-refractivity contribution in [2.45, 2.75) is 12.8 Å². The Hall–Kier alpha value is -0.640. The highest BCUT2D eigenvalue weighted by atomic mass is 79.9. The second kappa shape index (κ2) is 3.85.